The molecule has 2 aromatic rings. The monoisotopic (exact) mass is 451 g/mol. The largest absolute Gasteiger partial charge is 0.493 e. The number of nitrogens with one attached hydrogen (secondary N) is 1. The minimum Gasteiger partial charge on any atom is -0.493 e. The molecule has 1 N–H and O–H groups in total. The van der Waals surface area contributed by atoms with E-state index in [1.807, 2.05) is 18.2 Å². The first-order chi connectivity index (χ1) is 14.0. The molecule has 1 amide bonds. The predicted octanol–water partition coefficient (Wildman–Crippen LogP) is 4.09. The number of amides is 1. The van der Waals surface area contributed by atoms with Crippen molar-refractivity contribution < 1.29 is 14.3 Å². The van der Waals surface area contributed by atoms with Gasteiger partial charge in [-0.3, -0.25) is 4.79 Å². The number of methoxy groups -OCH3 is 1. The molecule has 0 spiro atoms. The number of rotatable bonds is 7. The van der Waals surface area contributed by atoms with E-state index < -0.39 is 0 Å². The van der Waals surface area contributed by atoms with Crippen LogP contribution in [0, 0.1) is 22.7 Å². The maximum atomic E-state index is 12.2. The summed E-state index contributed by atoms with van der Waals surface area (Å²) >= 11 is 3.46. The minimum absolute atomic E-state index is 0.0243. The highest BCUT2D eigenvalue weighted by molar-refractivity contribution is 9.10. The standard InChI is InChI=1S/C22H18BrN3O3/c1-28-20-9-16(8-17(12-25)22(27)26-18-6-7-18)19(23)10-21(20)29-13-15-5-3-2-4-14(15)11-24/h2-5,8-10,18H,6-7,13H2,1H3,(H,26,27)/b17-8+. The summed E-state index contributed by atoms with van der Waals surface area (Å²) in [6.07, 6.45) is 3.41. The fourth-order valence-corrected chi connectivity index (χ4v) is 3.08. The van der Waals surface area contributed by atoms with E-state index in [9.17, 15) is 15.3 Å². The molecule has 7 heteroatoms. The highest BCUT2D eigenvalue weighted by Gasteiger charge is 2.25. The molecular formula is C22H18BrN3O3. The zero-order chi connectivity index (χ0) is 20.8. The highest BCUT2D eigenvalue weighted by Crippen LogP contribution is 2.35. The Morgan fingerprint density at radius 1 is 1.28 bits per heavy atom. The predicted molar refractivity (Wildman–Crippen MR) is 111 cm³/mol. The van der Waals surface area contributed by atoms with Gasteiger partial charge in [0.1, 0.15) is 18.2 Å². The average molecular weight is 452 g/mol. The molecule has 0 aromatic heterocycles. The number of carbonyl (C=O) groups is 1. The lowest BCUT2D eigenvalue weighted by atomic mass is 10.1. The van der Waals surface area contributed by atoms with E-state index in [0.29, 0.717) is 27.1 Å². The lowest BCUT2D eigenvalue weighted by Gasteiger charge is -2.13. The second-order valence-electron chi connectivity index (χ2n) is 6.50. The molecule has 0 atom stereocenters. The van der Waals surface area contributed by atoms with Crippen LogP contribution < -0.4 is 14.8 Å². The maximum absolute atomic E-state index is 12.2. The summed E-state index contributed by atoms with van der Waals surface area (Å²) in [5.74, 6) is 0.549. The Kier molecular flexibility index (Phi) is 6.54. The number of nitriles is 2. The van der Waals surface area contributed by atoms with Crippen LogP contribution in [0.3, 0.4) is 0 Å². The fourth-order valence-electron chi connectivity index (χ4n) is 2.64. The Morgan fingerprint density at radius 3 is 2.69 bits per heavy atom. The fraction of sp³-hybridized carbons (Fsp3) is 0.227. The summed E-state index contributed by atoms with van der Waals surface area (Å²) in [4.78, 5) is 12.2. The van der Waals surface area contributed by atoms with E-state index >= 15 is 0 Å². The number of ether oxygens (including phenoxy) is 2. The van der Waals surface area contributed by atoms with Gasteiger partial charge in [-0.15, -0.1) is 0 Å². The van der Waals surface area contributed by atoms with Crippen molar-refractivity contribution in [3.8, 4) is 23.6 Å². The Bertz CT molecular complexity index is 1050. The van der Waals surface area contributed by atoms with Crippen LogP contribution in [0.4, 0.5) is 0 Å². The summed E-state index contributed by atoms with van der Waals surface area (Å²) < 4.78 is 11.9. The minimum atomic E-state index is -0.380. The maximum Gasteiger partial charge on any atom is 0.262 e. The molecule has 1 aliphatic carbocycles. The Labute approximate surface area is 177 Å². The van der Waals surface area contributed by atoms with Crippen molar-refractivity contribution in [2.45, 2.75) is 25.5 Å². The summed E-state index contributed by atoms with van der Waals surface area (Å²) in [6, 6.07) is 14.9. The molecule has 1 fully saturated rings. The lowest BCUT2D eigenvalue weighted by Crippen LogP contribution is -2.26. The van der Waals surface area contributed by atoms with E-state index in [-0.39, 0.29) is 24.1 Å². The molecular weight excluding hydrogens is 434 g/mol. The van der Waals surface area contributed by atoms with Gasteiger partial charge in [-0.1, -0.05) is 34.1 Å². The topological polar surface area (TPSA) is 95.1 Å². The van der Waals surface area contributed by atoms with Gasteiger partial charge in [0.2, 0.25) is 0 Å². The van der Waals surface area contributed by atoms with Gasteiger partial charge in [-0.25, -0.2) is 0 Å². The Hall–Kier alpha value is -3.29. The van der Waals surface area contributed by atoms with Crippen LogP contribution in [0.2, 0.25) is 0 Å². The van der Waals surface area contributed by atoms with Crippen molar-refractivity contribution in [3.05, 3.63) is 63.1 Å². The Morgan fingerprint density at radius 2 is 2.03 bits per heavy atom. The zero-order valence-corrected chi connectivity index (χ0v) is 17.3. The van der Waals surface area contributed by atoms with Gasteiger partial charge in [0.25, 0.3) is 5.91 Å². The lowest BCUT2D eigenvalue weighted by molar-refractivity contribution is -0.117. The molecule has 3 rings (SSSR count). The van der Waals surface area contributed by atoms with Crippen molar-refractivity contribution in [1.29, 1.82) is 10.5 Å². The zero-order valence-electron chi connectivity index (χ0n) is 15.7. The number of nitrogens with zero attached hydrogens (tertiary/aromatic N) is 2. The second-order valence-corrected chi connectivity index (χ2v) is 7.35. The van der Waals surface area contributed by atoms with E-state index in [2.05, 4.69) is 27.3 Å². The molecule has 0 aliphatic heterocycles. The smallest absolute Gasteiger partial charge is 0.262 e. The molecule has 2 aromatic carbocycles. The van der Waals surface area contributed by atoms with Gasteiger partial charge < -0.3 is 14.8 Å². The van der Waals surface area contributed by atoms with E-state index in [4.69, 9.17) is 9.47 Å². The van der Waals surface area contributed by atoms with E-state index in [1.165, 1.54) is 13.2 Å². The average Bonchev–Trinajstić information content (AvgIpc) is 3.55. The first kappa shape index (κ1) is 20.4. The molecule has 0 unspecified atom stereocenters. The molecule has 0 radical (unpaired) electrons. The van der Waals surface area contributed by atoms with Crippen LogP contribution in [-0.4, -0.2) is 19.1 Å². The molecule has 0 saturated heterocycles. The third-order valence-electron chi connectivity index (χ3n) is 4.38. The van der Waals surface area contributed by atoms with Crippen molar-refractivity contribution in [2.24, 2.45) is 0 Å². The first-order valence-electron chi connectivity index (χ1n) is 8.96. The van der Waals surface area contributed by atoms with E-state index in [1.54, 1.807) is 24.3 Å². The number of hydrogen-bond acceptors (Lipinski definition) is 5. The SMILES string of the molecule is COc1cc(/C=C(\C#N)C(=O)NC2CC2)c(Br)cc1OCc1ccccc1C#N. The quantitative estimate of drug-likeness (QED) is 0.504. The van der Waals surface area contributed by atoms with Crippen LogP contribution in [-0.2, 0) is 11.4 Å². The molecule has 146 valence electrons. The highest BCUT2D eigenvalue weighted by atomic mass is 79.9. The Balaban J connectivity index is 1.83. The third-order valence-corrected chi connectivity index (χ3v) is 5.07. The summed E-state index contributed by atoms with van der Waals surface area (Å²) in [6.45, 7) is 0.203. The number of halogens is 1. The van der Waals surface area contributed by atoms with Crippen LogP contribution >= 0.6 is 15.9 Å². The van der Waals surface area contributed by atoms with E-state index in [0.717, 1.165) is 18.4 Å². The van der Waals surface area contributed by atoms with Gasteiger partial charge in [0, 0.05) is 16.1 Å². The number of benzene rings is 2. The van der Waals surface area contributed by atoms with Crippen molar-refractivity contribution in [1.82, 2.24) is 5.32 Å². The number of carbonyl (C=O) groups excluding carboxylic acids is 1. The van der Waals surface area contributed by atoms with Crippen LogP contribution in [0.1, 0.15) is 29.5 Å². The van der Waals surface area contributed by atoms with Gasteiger partial charge >= 0.3 is 0 Å². The van der Waals surface area contributed by atoms with Gasteiger partial charge in [-0.2, -0.15) is 10.5 Å². The molecule has 1 aliphatic rings. The molecule has 29 heavy (non-hydrogen) atoms. The van der Waals surface area contributed by atoms with Gasteiger partial charge in [-0.05, 0) is 42.7 Å². The normalized spacial score (nSPS) is 13.2. The second kappa shape index (κ2) is 9.27. The third kappa shape index (κ3) is 5.16. The van der Waals surface area contributed by atoms with Crippen molar-refractivity contribution in [3.63, 3.8) is 0 Å². The summed E-state index contributed by atoms with van der Waals surface area (Å²) in [5, 5.41) is 21.4. The van der Waals surface area contributed by atoms with Crippen molar-refractivity contribution in [2.75, 3.05) is 7.11 Å². The first-order valence-corrected chi connectivity index (χ1v) is 9.76. The van der Waals surface area contributed by atoms with Crippen LogP contribution in [0.5, 0.6) is 11.5 Å². The summed E-state index contributed by atoms with van der Waals surface area (Å²) in [7, 11) is 1.51. The number of hydrogen-bond donors (Lipinski definition) is 1. The molecule has 0 bridgehead atoms. The van der Waals surface area contributed by atoms with Crippen LogP contribution in [0.25, 0.3) is 6.08 Å². The summed E-state index contributed by atoms with van der Waals surface area (Å²) in [5.41, 5.74) is 1.96. The molecule has 0 heterocycles. The van der Waals surface area contributed by atoms with Gasteiger partial charge in [0.15, 0.2) is 11.5 Å². The van der Waals surface area contributed by atoms with Crippen molar-refractivity contribution >= 4 is 27.9 Å². The van der Waals surface area contributed by atoms with Crippen LogP contribution in [0.15, 0.2) is 46.4 Å². The molecule has 6 nitrogen and oxygen atoms in total. The molecule has 1 saturated carbocycles. The van der Waals surface area contributed by atoms with Gasteiger partial charge in [0.05, 0.1) is 18.7 Å².